The minimum absolute atomic E-state index is 0.0769. The van der Waals surface area contributed by atoms with E-state index in [4.69, 9.17) is 4.74 Å². The number of rotatable bonds is 2. The third-order valence-corrected chi connectivity index (χ3v) is 1.53. The highest BCUT2D eigenvalue weighted by molar-refractivity contribution is 5.89. The maximum Gasteiger partial charge on any atom is 0.338 e. The summed E-state index contributed by atoms with van der Waals surface area (Å²) in [5.74, 6) is -0.282. The van der Waals surface area contributed by atoms with Crippen LogP contribution in [0.3, 0.4) is 0 Å². The maximum atomic E-state index is 11.3. The summed E-state index contributed by atoms with van der Waals surface area (Å²) in [6, 6.07) is 7.01. The zero-order valence-electron chi connectivity index (χ0n) is 7.91. The van der Waals surface area contributed by atoms with Gasteiger partial charge in [0.25, 0.3) is 0 Å². The SMILES string of the molecule is [CH2]c1ccc(C(=O)OC(C)C)cc1. The van der Waals surface area contributed by atoms with Gasteiger partial charge in [0.1, 0.15) is 0 Å². The third kappa shape index (κ3) is 2.90. The molecule has 1 aromatic rings. The van der Waals surface area contributed by atoms with Gasteiger partial charge in [0, 0.05) is 0 Å². The van der Waals surface area contributed by atoms with Crippen LogP contribution in [0.2, 0.25) is 0 Å². The van der Waals surface area contributed by atoms with Crippen molar-refractivity contribution in [2.45, 2.75) is 20.0 Å². The van der Waals surface area contributed by atoms with E-state index in [0.717, 1.165) is 5.56 Å². The highest BCUT2D eigenvalue weighted by atomic mass is 16.5. The molecule has 0 aliphatic rings. The quantitative estimate of drug-likeness (QED) is 0.648. The molecule has 0 fully saturated rings. The average Bonchev–Trinajstić information content (AvgIpc) is 2.04. The van der Waals surface area contributed by atoms with Crippen LogP contribution in [-0.4, -0.2) is 12.1 Å². The van der Waals surface area contributed by atoms with Crippen molar-refractivity contribution in [2.75, 3.05) is 0 Å². The maximum absolute atomic E-state index is 11.3. The van der Waals surface area contributed by atoms with Crippen molar-refractivity contribution < 1.29 is 9.53 Å². The molecule has 0 aliphatic heterocycles. The van der Waals surface area contributed by atoms with Gasteiger partial charge in [-0.15, -0.1) is 0 Å². The van der Waals surface area contributed by atoms with Crippen LogP contribution in [0.1, 0.15) is 29.8 Å². The van der Waals surface area contributed by atoms with E-state index in [1.165, 1.54) is 0 Å². The van der Waals surface area contributed by atoms with Crippen molar-refractivity contribution in [1.82, 2.24) is 0 Å². The molecular formula is C11H13O2. The molecule has 0 saturated heterocycles. The van der Waals surface area contributed by atoms with Gasteiger partial charge in [-0.3, -0.25) is 0 Å². The number of hydrogen-bond donors (Lipinski definition) is 0. The lowest BCUT2D eigenvalue weighted by Crippen LogP contribution is -2.11. The number of carbonyl (C=O) groups is 1. The summed E-state index contributed by atoms with van der Waals surface area (Å²) < 4.78 is 5.02. The molecule has 0 atom stereocenters. The Kier molecular flexibility index (Phi) is 3.07. The summed E-state index contributed by atoms with van der Waals surface area (Å²) in [6.07, 6.45) is -0.0769. The molecule has 13 heavy (non-hydrogen) atoms. The zero-order chi connectivity index (χ0) is 9.84. The predicted molar refractivity (Wildman–Crippen MR) is 51.5 cm³/mol. The average molecular weight is 177 g/mol. The molecule has 2 nitrogen and oxygen atoms in total. The highest BCUT2D eigenvalue weighted by Crippen LogP contribution is 2.05. The van der Waals surface area contributed by atoms with Crippen LogP contribution in [0.15, 0.2) is 24.3 Å². The summed E-state index contributed by atoms with van der Waals surface area (Å²) in [7, 11) is 0. The Balaban J connectivity index is 2.72. The van der Waals surface area contributed by atoms with Gasteiger partial charge < -0.3 is 4.74 Å². The fourth-order valence-electron chi connectivity index (χ4n) is 0.923. The Bertz CT molecular complexity index is 285. The largest absolute Gasteiger partial charge is 0.459 e. The molecule has 0 bridgehead atoms. The molecule has 1 radical (unpaired) electrons. The van der Waals surface area contributed by atoms with E-state index in [9.17, 15) is 4.79 Å². The van der Waals surface area contributed by atoms with Gasteiger partial charge >= 0.3 is 5.97 Å². The van der Waals surface area contributed by atoms with E-state index in [1.807, 2.05) is 13.8 Å². The van der Waals surface area contributed by atoms with Crippen molar-refractivity contribution in [3.8, 4) is 0 Å². The Morgan fingerprint density at radius 1 is 1.31 bits per heavy atom. The minimum atomic E-state index is -0.282. The molecule has 0 saturated carbocycles. The molecule has 0 unspecified atom stereocenters. The van der Waals surface area contributed by atoms with Crippen molar-refractivity contribution in [1.29, 1.82) is 0 Å². The van der Waals surface area contributed by atoms with Gasteiger partial charge in [0.05, 0.1) is 11.7 Å². The van der Waals surface area contributed by atoms with Crippen molar-refractivity contribution in [3.63, 3.8) is 0 Å². The fourth-order valence-corrected chi connectivity index (χ4v) is 0.923. The van der Waals surface area contributed by atoms with E-state index >= 15 is 0 Å². The van der Waals surface area contributed by atoms with Crippen LogP contribution >= 0.6 is 0 Å². The van der Waals surface area contributed by atoms with E-state index < -0.39 is 0 Å². The first-order valence-electron chi connectivity index (χ1n) is 4.22. The van der Waals surface area contributed by atoms with E-state index in [2.05, 4.69) is 6.92 Å². The Morgan fingerprint density at radius 2 is 1.85 bits per heavy atom. The van der Waals surface area contributed by atoms with Crippen LogP contribution in [0.5, 0.6) is 0 Å². The molecule has 1 rings (SSSR count). The first-order chi connectivity index (χ1) is 6.09. The molecular weight excluding hydrogens is 164 g/mol. The van der Waals surface area contributed by atoms with Gasteiger partial charge in [0.15, 0.2) is 0 Å². The second kappa shape index (κ2) is 4.08. The normalized spacial score (nSPS) is 10.2. The third-order valence-electron chi connectivity index (χ3n) is 1.53. The van der Waals surface area contributed by atoms with Crippen LogP contribution in [0, 0.1) is 6.92 Å². The second-order valence-electron chi connectivity index (χ2n) is 3.15. The minimum Gasteiger partial charge on any atom is -0.459 e. The standard InChI is InChI=1S/C11H13O2/c1-8(2)13-11(12)10-6-4-9(3)5-7-10/h4-8H,3H2,1-2H3. The van der Waals surface area contributed by atoms with Crippen molar-refractivity contribution in [2.24, 2.45) is 0 Å². The monoisotopic (exact) mass is 177 g/mol. The van der Waals surface area contributed by atoms with Gasteiger partial charge in [-0.2, -0.15) is 0 Å². The van der Waals surface area contributed by atoms with Crippen LogP contribution in [0.25, 0.3) is 0 Å². The van der Waals surface area contributed by atoms with Gasteiger partial charge in [0.2, 0.25) is 0 Å². The van der Waals surface area contributed by atoms with Crippen molar-refractivity contribution >= 4 is 5.97 Å². The molecule has 0 aliphatic carbocycles. The van der Waals surface area contributed by atoms with Crippen LogP contribution < -0.4 is 0 Å². The lowest BCUT2D eigenvalue weighted by Gasteiger charge is -2.07. The Morgan fingerprint density at radius 3 is 2.31 bits per heavy atom. The molecule has 2 heteroatoms. The summed E-state index contributed by atoms with van der Waals surface area (Å²) in [5, 5.41) is 0. The predicted octanol–water partition coefficient (Wildman–Crippen LogP) is 2.43. The lowest BCUT2D eigenvalue weighted by molar-refractivity contribution is 0.0378. The molecule has 0 spiro atoms. The smallest absolute Gasteiger partial charge is 0.338 e. The summed E-state index contributed by atoms with van der Waals surface area (Å²) in [5.41, 5.74) is 1.46. The number of hydrogen-bond acceptors (Lipinski definition) is 2. The van der Waals surface area contributed by atoms with Gasteiger partial charge in [-0.25, -0.2) is 4.79 Å². The summed E-state index contributed by atoms with van der Waals surface area (Å²) >= 11 is 0. The second-order valence-corrected chi connectivity index (χ2v) is 3.15. The Labute approximate surface area is 78.5 Å². The first kappa shape index (κ1) is 9.78. The molecule has 0 N–H and O–H groups in total. The summed E-state index contributed by atoms with van der Waals surface area (Å²) in [4.78, 5) is 11.3. The van der Waals surface area contributed by atoms with Gasteiger partial charge in [-0.1, -0.05) is 12.1 Å². The fraction of sp³-hybridized carbons (Fsp3) is 0.273. The number of carbonyl (C=O) groups excluding carboxylic acids is 1. The number of benzene rings is 1. The molecule has 1 aromatic carbocycles. The molecule has 69 valence electrons. The Hall–Kier alpha value is -1.31. The highest BCUT2D eigenvalue weighted by Gasteiger charge is 2.07. The van der Waals surface area contributed by atoms with Crippen LogP contribution in [-0.2, 0) is 4.74 Å². The molecule has 0 aromatic heterocycles. The molecule has 0 amide bonds. The van der Waals surface area contributed by atoms with E-state index in [-0.39, 0.29) is 12.1 Å². The number of esters is 1. The number of ether oxygens (including phenoxy) is 1. The van der Waals surface area contributed by atoms with E-state index in [0.29, 0.717) is 5.56 Å². The topological polar surface area (TPSA) is 26.3 Å². The summed E-state index contributed by atoms with van der Waals surface area (Å²) in [6.45, 7) is 7.38. The van der Waals surface area contributed by atoms with E-state index in [1.54, 1.807) is 24.3 Å². The van der Waals surface area contributed by atoms with Gasteiger partial charge in [-0.05, 0) is 38.5 Å². The van der Waals surface area contributed by atoms with Crippen molar-refractivity contribution in [3.05, 3.63) is 42.3 Å². The lowest BCUT2D eigenvalue weighted by atomic mass is 10.1. The first-order valence-corrected chi connectivity index (χ1v) is 4.22. The van der Waals surface area contributed by atoms with Crippen LogP contribution in [0.4, 0.5) is 0 Å². The molecule has 0 heterocycles. The zero-order valence-corrected chi connectivity index (χ0v) is 7.91.